The molecular weight excluding hydrogens is 272 g/mol. The summed E-state index contributed by atoms with van der Waals surface area (Å²) in [5.41, 5.74) is 0.963. The molecule has 0 saturated carbocycles. The van der Waals surface area contributed by atoms with Gasteiger partial charge in [-0.15, -0.1) is 0 Å². The Morgan fingerprint density at radius 2 is 1.55 bits per heavy atom. The van der Waals surface area contributed by atoms with Crippen LogP contribution in [0.2, 0.25) is 0 Å². The highest BCUT2D eigenvalue weighted by atomic mass is 16.5. The second kappa shape index (κ2) is 10.1. The van der Waals surface area contributed by atoms with Crippen molar-refractivity contribution in [2.24, 2.45) is 0 Å². The van der Waals surface area contributed by atoms with Crippen LogP contribution in [-0.4, -0.2) is 10.1 Å². The van der Waals surface area contributed by atoms with Crippen molar-refractivity contribution in [1.29, 1.82) is 0 Å². The van der Waals surface area contributed by atoms with Crippen LogP contribution in [0.5, 0.6) is 0 Å². The van der Waals surface area contributed by atoms with Gasteiger partial charge < -0.3 is 4.52 Å². The van der Waals surface area contributed by atoms with E-state index in [0.717, 1.165) is 24.2 Å². The molecule has 0 aliphatic carbocycles. The predicted octanol–water partition coefficient (Wildman–Crippen LogP) is 5.61. The first kappa shape index (κ1) is 16.7. The third-order valence-corrected chi connectivity index (χ3v) is 3.94. The first-order valence-corrected chi connectivity index (χ1v) is 8.69. The van der Waals surface area contributed by atoms with Crippen molar-refractivity contribution in [3.63, 3.8) is 0 Å². The first-order chi connectivity index (χ1) is 10.9. The van der Waals surface area contributed by atoms with E-state index in [9.17, 15) is 0 Å². The third kappa shape index (κ3) is 6.00. The highest BCUT2D eigenvalue weighted by Crippen LogP contribution is 2.17. The van der Waals surface area contributed by atoms with Gasteiger partial charge in [0.2, 0.25) is 0 Å². The third-order valence-electron chi connectivity index (χ3n) is 3.94. The molecule has 0 aliphatic heterocycles. The van der Waals surface area contributed by atoms with E-state index >= 15 is 0 Å². The molecule has 2 aromatic rings. The van der Waals surface area contributed by atoms with E-state index in [1.807, 2.05) is 24.3 Å². The highest BCUT2D eigenvalue weighted by molar-refractivity contribution is 5.51. The molecule has 0 spiro atoms. The fourth-order valence-corrected chi connectivity index (χ4v) is 2.60. The van der Waals surface area contributed by atoms with Crippen LogP contribution in [0.1, 0.15) is 70.5 Å². The van der Waals surface area contributed by atoms with Crippen molar-refractivity contribution < 1.29 is 4.52 Å². The summed E-state index contributed by atoms with van der Waals surface area (Å²) in [5, 5.41) is 4.06. The minimum absolute atomic E-state index is 0.611. The van der Waals surface area contributed by atoms with Gasteiger partial charge in [-0.05, 0) is 24.6 Å². The maximum absolute atomic E-state index is 5.31. The highest BCUT2D eigenvalue weighted by Gasteiger charge is 2.07. The minimum Gasteiger partial charge on any atom is -0.334 e. The maximum Gasteiger partial charge on any atom is 0.257 e. The number of hydrogen-bond donors (Lipinski definition) is 0. The zero-order valence-electron chi connectivity index (χ0n) is 13.7. The van der Waals surface area contributed by atoms with E-state index in [4.69, 9.17) is 4.52 Å². The van der Waals surface area contributed by atoms with Crippen molar-refractivity contribution in [1.82, 2.24) is 10.1 Å². The van der Waals surface area contributed by atoms with Gasteiger partial charge in [-0.25, -0.2) is 0 Å². The van der Waals surface area contributed by atoms with Crippen LogP contribution in [0.25, 0.3) is 11.5 Å². The van der Waals surface area contributed by atoms with Crippen LogP contribution < -0.4 is 0 Å². The smallest absolute Gasteiger partial charge is 0.257 e. The Bertz CT molecular complexity index is 507. The molecule has 119 valence electrons. The van der Waals surface area contributed by atoms with Crippen molar-refractivity contribution in [2.75, 3.05) is 0 Å². The lowest BCUT2D eigenvalue weighted by Crippen LogP contribution is -1.89. The molecule has 1 heterocycles. The molecule has 22 heavy (non-hydrogen) atoms. The van der Waals surface area contributed by atoms with E-state index < -0.39 is 0 Å². The minimum atomic E-state index is 0.611. The van der Waals surface area contributed by atoms with Gasteiger partial charge in [-0.3, -0.25) is 0 Å². The van der Waals surface area contributed by atoms with Gasteiger partial charge >= 0.3 is 0 Å². The van der Waals surface area contributed by atoms with E-state index in [-0.39, 0.29) is 0 Å². The van der Waals surface area contributed by atoms with Crippen LogP contribution >= 0.6 is 0 Å². The van der Waals surface area contributed by atoms with Crippen LogP contribution in [0.4, 0.5) is 0 Å². The Morgan fingerprint density at radius 1 is 0.909 bits per heavy atom. The number of hydrogen-bond acceptors (Lipinski definition) is 3. The van der Waals surface area contributed by atoms with Crippen LogP contribution in [0, 0.1) is 6.07 Å². The molecule has 0 aliphatic rings. The van der Waals surface area contributed by atoms with Gasteiger partial charge in [0, 0.05) is 12.0 Å². The molecule has 0 fully saturated rings. The van der Waals surface area contributed by atoms with Gasteiger partial charge in [0.15, 0.2) is 5.82 Å². The summed E-state index contributed by atoms with van der Waals surface area (Å²) in [6, 6.07) is 10.6. The summed E-state index contributed by atoms with van der Waals surface area (Å²) in [6.07, 6.45) is 12.9. The molecule has 0 bridgehead atoms. The SMILES string of the molecule is CCCCCCCCCCCc1noc(-c2cc[c]cc2)n1. The van der Waals surface area contributed by atoms with Gasteiger partial charge in [0.1, 0.15) is 0 Å². The van der Waals surface area contributed by atoms with Gasteiger partial charge in [-0.2, -0.15) is 4.98 Å². The summed E-state index contributed by atoms with van der Waals surface area (Å²) >= 11 is 0. The molecule has 0 saturated heterocycles. The van der Waals surface area contributed by atoms with Gasteiger partial charge in [0.25, 0.3) is 5.89 Å². The summed E-state index contributed by atoms with van der Waals surface area (Å²) in [4.78, 5) is 4.46. The number of nitrogens with zero attached hydrogens (tertiary/aromatic N) is 2. The molecule has 1 radical (unpaired) electrons. The first-order valence-electron chi connectivity index (χ1n) is 8.69. The van der Waals surface area contributed by atoms with E-state index in [0.29, 0.717) is 5.89 Å². The van der Waals surface area contributed by atoms with E-state index in [1.165, 1.54) is 51.4 Å². The summed E-state index contributed by atoms with van der Waals surface area (Å²) < 4.78 is 5.31. The molecular formula is C19H27N2O. The molecule has 3 heteroatoms. The molecule has 1 aromatic heterocycles. The Morgan fingerprint density at radius 3 is 2.23 bits per heavy atom. The zero-order chi connectivity index (χ0) is 15.5. The topological polar surface area (TPSA) is 38.9 Å². The molecule has 0 unspecified atom stereocenters. The maximum atomic E-state index is 5.31. The molecule has 3 nitrogen and oxygen atoms in total. The lowest BCUT2D eigenvalue weighted by molar-refractivity contribution is 0.421. The Labute approximate surface area is 134 Å². The predicted molar refractivity (Wildman–Crippen MR) is 89.5 cm³/mol. The van der Waals surface area contributed by atoms with Crippen molar-refractivity contribution in [2.45, 2.75) is 71.1 Å². The lowest BCUT2D eigenvalue weighted by atomic mass is 10.1. The van der Waals surface area contributed by atoms with Gasteiger partial charge in [-0.1, -0.05) is 75.6 Å². The van der Waals surface area contributed by atoms with Crippen LogP contribution in [0.3, 0.4) is 0 Å². The van der Waals surface area contributed by atoms with Crippen molar-refractivity contribution >= 4 is 0 Å². The molecule has 0 N–H and O–H groups in total. The molecule has 0 atom stereocenters. The average molecular weight is 299 g/mol. The molecule has 1 aromatic carbocycles. The average Bonchev–Trinajstić information content (AvgIpc) is 3.03. The standard InChI is InChI=1S/C19H27N2O/c1-2-3-4-5-6-7-8-9-13-16-18-20-19(22-21-18)17-14-11-10-12-15-17/h11-12,14-15H,2-9,13,16H2,1H3. The van der Waals surface area contributed by atoms with Crippen molar-refractivity contribution in [3.8, 4) is 11.5 Å². The number of rotatable bonds is 11. The molecule has 2 rings (SSSR count). The largest absolute Gasteiger partial charge is 0.334 e. The monoisotopic (exact) mass is 299 g/mol. The van der Waals surface area contributed by atoms with Crippen LogP contribution in [-0.2, 0) is 6.42 Å². The number of benzene rings is 1. The fourth-order valence-electron chi connectivity index (χ4n) is 2.60. The van der Waals surface area contributed by atoms with E-state index in [1.54, 1.807) is 0 Å². The molecule has 0 amide bonds. The summed E-state index contributed by atoms with van der Waals surface area (Å²) in [6.45, 7) is 2.26. The van der Waals surface area contributed by atoms with Crippen LogP contribution in [0.15, 0.2) is 28.8 Å². The summed E-state index contributed by atoms with van der Waals surface area (Å²) in [5.74, 6) is 1.44. The normalized spacial score (nSPS) is 11.0. The zero-order valence-corrected chi connectivity index (χ0v) is 13.7. The quantitative estimate of drug-likeness (QED) is 0.506. The van der Waals surface area contributed by atoms with Gasteiger partial charge in [0.05, 0.1) is 0 Å². The Balaban J connectivity index is 1.57. The number of unbranched alkanes of at least 4 members (excludes halogenated alkanes) is 8. The summed E-state index contributed by atoms with van der Waals surface area (Å²) in [7, 11) is 0. The second-order valence-corrected chi connectivity index (χ2v) is 5.88. The van der Waals surface area contributed by atoms with E-state index in [2.05, 4.69) is 23.1 Å². The fraction of sp³-hybridized carbons (Fsp3) is 0.579. The lowest BCUT2D eigenvalue weighted by Gasteiger charge is -2.00. The Kier molecular flexibility index (Phi) is 7.71. The number of aromatic nitrogens is 2. The Hall–Kier alpha value is -1.64. The van der Waals surface area contributed by atoms with Crippen molar-refractivity contribution in [3.05, 3.63) is 36.2 Å². The second-order valence-electron chi connectivity index (χ2n) is 5.88. The number of aryl methyl sites for hydroxylation is 1.